The predicted octanol–water partition coefficient (Wildman–Crippen LogP) is 6.06. The third-order valence-corrected chi connectivity index (χ3v) is 6.52. The number of amides is 4. The molecule has 1 heterocycles. The minimum absolute atomic E-state index is 0.189. The van der Waals surface area contributed by atoms with Gasteiger partial charge in [-0.15, -0.1) is 0 Å². The Morgan fingerprint density at radius 3 is 2.42 bits per heavy atom. The molecule has 0 bridgehead atoms. The maximum atomic E-state index is 13.3. The molecule has 0 saturated carbocycles. The molecular formula is C27H22BrClN2O5. The zero-order valence-corrected chi connectivity index (χ0v) is 21.9. The Morgan fingerprint density at radius 1 is 1.00 bits per heavy atom. The van der Waals surface area contributed by atoms with Gasteiger partial charge in [0.05, 0.1) is 12.3 Å². The molecule has 1 aliphatic heterocycles. The molecule has 184 valence electrons. The van der Waals surface area contributed by atoms with Crippen molar-refractivity contribution in [2.45, 2.75) is 20.5 Å². The van der Waals surface area contributed by atoms with Crippen molar-refractivity contribution < 1.29 is 23.9 Å². The van der Waals surface area contributed by atoms with E-state index in [1.54, 1.807) is 49.4 Å². The van der Waals surface area contributed by atoms with Crippen LogP contribution in [0.1, 0.15) is 23.6 Å². The first-order valence-electron chi connectivity index (χ1n) is 11.1. The average molecular weight is 570 g/mol. The standard InChI is InChI=1S/C27H22BrClN2O5/c1-3-35-23-13-18(20(28)14-24(23)36-15-17-9-5-6-10-21(17)29)12-19-25(32)30-27(34)31(26(19)33)22-11-7-4-8-16(22)2/h4-14H,3,15H2,1-2H3,(H,30,32,34)/b19-12+. The molecule has 36 heavy (non-hydrogen) atoms. The summed E-state index contributed by atoms with van der Waals surface area (Å²) in [6.45, 7) is 4.21. The van der Waals surface area contributed by atoms with Crippen molar-refractivity contribution in [1.82, 2.24) is 5.32 Å². The molecule has 0 aromatic heterocycles. The van der Waals surface area contributed by atoms with Crippen LogP contribution in [0.3, 0.4) is 0 Å². The Hall–Kier alpha value is -3.62. The number of anilines is 1. The number of imide groups is 2. The summed E-state index contributed by atoms with van der Waals surface area (Å²) in [6, 6.07) is 16.9. The second-order valence-corrected chi connectivity index (χ2v) is 9.14. The lowest BCUT2D eigenvalue weighted by Gasteiger charge is -2.27. The molecule has 0 aliphatic carbocycles. The van der Waals surface area contributed by atoms with Gasteiger partial charge in [-0.25, -0.2) is 9.69 Å². The van der Waals surface area contributed by atoms with Crippen molar-refractivity contribution in [1.29, 1.82) is 0 Å². The van der Waals surface area contributed by atoms with Gasteiger partial charge in [0.25, 0.3) is 11.8 Å². The second-order valence-electron chi connectivity index (χ2n) is 7.88. The van der Waals surface area contributed by atoms with Crippen molar-refractivity contribution in [2.75, 3.05) is 11.5 Å². The van der Waals surface area contributed by atoms with E-state index in [0.29, 0.717) is 38.9 Å². The largest absolute Gasteiger partial charge is 0.490 e. The van der Waals surface area contributed by atoms with E-state index < -0.39 is 17.8 Å². The van der Waals surface area contributed by atoms with Crippen molar-refractivity contribution in [3.05, 3.63) is 92.4 Å². The first kappa shape index (κ1) is 25.5. The first-order valence-corrected chi connectivity index (χ1v) is 12.3. The van der Waals surface area contributed by atoms with E-state index in [-0.39, 0.29) is 12.2 Å². The third kappa shape index (κ3) is 5.29. The Morgan fingerprint density at radius 2 is 1.69 bits per heavy atom. The maximum Gasteiger partial charge on any atom is 0.335 e. The number of carbonyl (C=O) groups is 3. The van der Waals surface area contributed by atoms with E-state index >= 15 is 0 Å². The minimum Gasteiger partial charge on any atom is -0.490 e. The number of carbonyl (C=O) groups excluding carboxylic acids is 3. The van der Waals surface area contributed by atoms with Crippen LogP contribution in [0, 0.1) is 6.92 Å². The average Bonchev–Trinajstić information content (AvgIpc) is 2.84. The predicted molar refractivity (Wildman–Crippen MR) is 141 cm³/mol. The molecular weight excluding hydrogens is 548 g/mol. The van der Waals surface area contributed by atoms with Crippen LogP contribution in [0.2, 0.25) is 5.02 Å². The zero-order valence-electron chi connectivity index (χ0n) is 19.5. The molecule has 1 N–H and O–H groups in total. The number of nitrogens with zero attached hydrogens (tertiary/aromatic N) is 1. The SMILES string of the molecule is CCOc1cc(/C=C2\C(=O)NC(=O)N(c3ccccc3C)C2=O)c(Br)cc1OCc1ccccc1Cl. The van der Waals surface area contributed by atoms with Gasteiger partial charge in [0.2, 0.25) is 0 Å². The summed E-state index contributed by atoms with van der Waals surface area (Å²) in [4.78, 5) is 39.4. The quantitative estimate of drug-likeness (QED) is 0.276. The van der Waals surface area contributed by atoms with Gasteiger partial charge in [-0.1, -0.05) is 63.9 Å². The molecule has 1 aliphatic rings. The van der Waals surface area contributed by atoms with Gasteiger partial charge in [-0.3, -0.25) is 14.9 Å². The highest BCUT2D eigenvalue weighted by molar-refractivity contribution is 9.10. The Labute approximate surface area is 221 Å². The van der Waals surface area contributed by atoms with Crippen molar-refractivity contribution >= 4 is 57.1 Å². The van der Waals surface area contributed by atoms with Gasteiger partial charge in [0.15, 0.2) is 11.5 Å². The van der Waals surface area contributed by atoms with Gasteiger partial charge < -0.3 is 9.47 Å². The summed E-state index contributed by atoms with van der Waals surface area (Å²) in [5.41, 5.74) is 2.24. The minimum atomic E-state index is -0.797. The second kappa shape index (κ2) is 11.0. The van der Waals surface area contributed by atoms with Crippen molar-refractivity contribution in [3.63, 3.8) is 0 Å². The lowest BCUT2D eigenvalue weighted by molar-refractivity contribution is -0.122. The van der Waals surface area contributed by atoms with Crippen LogP contribution in [0.4, 0.5) is 10.5 Å². The summed E-state index contributed by atoms with van der Waals surface area (Å²) in [5.74, 6) is -0.613. The summed E-state index contributed by atoms with van der Waals surface area (Å²) in [7, 11) is 0. The maximum absolute atomic E-state index is 13.3. The smallest absolute Gasteiger partial charge is 0.335 e. The molecule has 7 nitrogen and oxygen atoms in total. The number of aryl methyl sites for hydroxylation is 1. The number of hydrogen-bond donors (Lipinski definition) is 1. The summed E-state index contributed by atoms with van der Waals surface area (Å²) >= 11 is 9.73. The number of urea groups is 1. The van der Waals surface area contributed by atoms with Crippen LogP contribution in [0.5, 0.6) is 11.5 Å². The van der Waals surface area contributed by atoms with Gasteiger partial charge in [0, 0.05) is 15.1 Å². The van der Waals surface area contributed by atoms with Crippen LogP contribution in [-0.4, -0.2) is 24.5 Å². The Balaban J connectivity index is 1.68. The monoisotopic (exact) mass is 568 g/mol. The van der Waals surface area contributed by atoms with E-state index in [1.807, 2.05) is 25.1 Å². The number of halogens is 2. The summed E-state index contributed by atoms with van der Waals surface area (Å²) in [5, 5.41) is 2.83. The topological polar surface area (TPSA) is 84.9 Å². The van der Waals surface area contributed by atoms with Gasteiger partial charge in [0.1, 0.15) is 12.2 Å². The molecule has 1 saturated heterocycles. The van der Waals surface area contributed by atoms with Crippen molar-refractivity contribution in [3.8, 4) is 11.5 Å². The summed E-state index contributed by atoms with van der Waals surface area (Å²) < 4.78 is 12.3. The van der Waals surface area contributed by atoms with E-state index in [2.05, 4.69) is 21.2 Å². The normalized spacial score (nSPS) is 14.7. The van der Waals surface area contributed by atoms with E-state index in [9.17, 15) is 14.4 Å². The van der Waals surface area contributed by atoms with Gasteiger partial charge in [-0.2, -0.15) is 0 Å². The lowest BCUT2D eigenvalue weighted by Crippen LogP contribution is -2.54. The Kier molecular flexibility index (Phi) is 7.76. The van der Waals surface area contributed by atoms with Crippen LogP contribution >= 0.6 is 27.5 Å². The number of ether oxygens (including phenoxy) is 2. The number of para-hydroxylation sites is 1. The first-order chi connectivity index (χ1) is 17.3. The fraction of sp³-hybridized carbons (Fsp3) is 0.148. The van der Waals surface area contributed by atoms with Crippen LogP contribution in [0.15, 0.2) is 70.7 Å². The number of nitrogens with one attached hydrogen (secondary N) is 1. The molecule has 3 aromatic rings. The zero-order chi connectivity index (χ0) is 25.8. The van der Waals surface area contributed by atoms with Crippen LogP contribution < -0.4 is 19.7 Å². The highest BCUT2D eigenvalue weighted by atomic mass is 79.9. The molecule has 9 heteroatoms. The molecule has 4 rings (SSSR count). The third-order valence-electron chi connectivity index (χ3n) is 5.46. The molecule has 1 fully saturated rings. The summed E-state index contributed by atoms with van der Waals surface area (Å²) in [6.07, 6.45) is 1.42. The Bertz CT molecular complexity index is 1390. The van der Waals surface area contributed by atoms with E-state index in [4.69, 9.17) is 21.1 Å². The fourth-order valence-electron chi connectivity index (χ4n) is 3.66. The number of rotatable bonds is 7. The fourth-order valence-corrected chi connectivity index (χ4v) is 4.29. The van der Waals surface area contributed by atoms with Gasteiger partial charge >= 0.3 is 6.03 Å². The molecule has 0 atom stereocenters. The number of hydrogen-bond acceptors (Lipinski definition) is 5. The van der Waals surface area contributed by atoms with Gasteiger partial charge in [-0.05, 0) is 55.3 Å². The molecule has 0 radical (unpaired) electrons. The molecule has 0 unspecified atom stereocenters. The van der Waals surface area contributed by atoms with E-state index in [1.165, 1.54) is 6.08 Å². The van der Waals surface area contributed by atoms with Crippen LogP contribution in [-0.2, 0) is 16.2 Å². The van der Waals surface area contributed by atoms with Crippen LogP contribution in [0.25, 0.3) is 6.08 Å². The number of barbiturate groups is 1. The van der Waals surface area contributed by atoms with E-state index in [0.717, 1.165) is 16.0 Å². The molecule has 0 spiro atoms. The highest BCUT2D eigenvalue weighted by Gasteiger charge is 2.37. The van der Waals surface area contributed by atoms with Crippen molar-refractivity contribution in [2.24, 2.45) is 0 Å². The molecule has 4 amide bonds. The number of benzene rings is 3. The highest BCUT2D eigenvalue weighted by Crippen LogP contribution is 2.36. The molecule has 3 aromatic carbocycles. The lowest BCUT2D eigenvalue weighted by atomic mass is 10.1.